The number of ether oxygens (including phenoxy) is 2. The summed E-state index contributed by atoms with van der Waals surface area (Å²) in [6.45, 7) is -0.496. The predicted octanol–water partition coefficient (Wildman–Crippen LogP) is -1.09. The van der Waals surface area contributed by atoms with Crippen molar-refractivity contribution in [3.8, 4) is 5.75 Å². The van der Waals surface area contributed by atoms with E-state index >= 15 is 0 Å². The molecular formula is C14H19NO6. The van der Waals surface area contributed by atoms with E-state index in [0.717, 1.165) is 5.56 Å². The Bertz CT molecular complexity index is 477. The van der Waals surface area contributed by atoms with Gasteiger partial charge in [0.15, 0.2) is 6.29 Å². The monoisotopic (exact) mass is 297 g/mol. The minimum absolute atomic E-state index is 0.496. The van der Waals surface area contributed by atoms with Crippen LogP contribution in [0.3, 0.4) is 0 Å². The maximum Gasteiger partial charge on any atom is 0.180 e. The Morgan fingerprint density at radius 3 is 2.43 bits per heavy atom. The number of benzene rings is 1. The normalized spacial score (nSPS) is 33.3. The smallest absolute Gasteiger partial charge is 0.180 e. The summed E-state index contributed by atoms with van der Waals surface area (Å²) in [5, 5.41) is 38.5. The van der Waals surface area contributed by atoms with Gasteiger partial charge in [-0.2, -0.15) is 0 Å². The third kappa shape index (κ3) is 3.58. The van der Waals surface area contributed by atoms with Crippen LogP contribution in [0.15, 0.2) is 29.3 Å². The summed E-state index contributed by atoms with van der Waals surface area (Å²) in [6, 6.07) is 6.00. The Kier molecular flexibility index (Phi) is 5.27. The third-order valence-corrected chi connectivity index (χ3v) is 3.38. The van der Waals surface area contributed by atoms with Crippen molar-refractivity contribution in [2.24, 2.45) is 4.99 Å². The van der Waals surface area contributed by atoms with Crippen LogP contribution in [-0.4, -0.2) is 71.0 Å². The Morgan fingerprint density at radius 1 is 1.19 bits per heavy atom. The van der Waals surface area contributed by atoms with E-state index in [2.05, 4.69) is 4.99 Å². The number of nitrogens with zero attached hydrogens (tertiary/aromatic N) is 1. The van der Waals surface area contributed by atoms with Gasteiger partial charge in [-0.05, 0) is 29.8 Å². The van der Waals surface area contributed by atoms with Crippen molar-refractivity contribution in [2.75, 3.05) is 13.7 Å². The molecule has 0 amide bonds. The molecule has 2 rings (SSSR count). The number of hydrogen-bond acceptors (Lipinski definition) is 7. The average Bonchev–Trinajstić information content (AvgIpc) is 2.51. The van der Waals surface area contributed by atoms with Crippen molar-refractivity contribution in [2.45, 2.75) is 30.6 Å². The van der Waals surface area contributed by atoms with Crippen molar-refractivity contribution in [1.29, 1.82) is 0 Å². The van der Waals surface area contributed by atoms with Gasteiger partial charge in [-0.3, -0.25) is 4.99 Å². The number of aliphatic hydroxyl groups excluding tert-OH is 4. The van der Waals surface area contributed by atoms with E-state index in [4.69, 9.17) is 14.6 Å². The molecule has 7 heteroatoms. The highest BCUT2D eigenvalue weighted by Crippen LogP contribution is 2.22. The van der Waals surface area contributed by atoms with Crippen LogP contribution in [0.5, 0.6) is 5.75 Å². The maximum atomic E-state index is 9.93. The molecule has 4 N–H and O–H groups in total. The first-order chi connectivity index (χ1) is 10.1. The van der Waals surface area contributed by atoms with Crippen LogP contribution in [0.1, 0.15) is 5.56 Å². The zero-order valence-electron chi connectivity index (χ0n) is 11.5. The lowest BCUT2D eigenvalue weighted by Crippen LogP contribution is -2.57. The van der Waals surface area contributed by atoms with Gasteiger partial charge >= 0.3 is 0 Å². The Hall–Kier alpha value is -1.51. The molecule has 0 aliphatic carbocycles. The maximum absolute atomic E-state index is 9.93. The van der Waals surface area contributed by atoms with E-state index in [1.165, 1.54) is 6.21 Å². The summed E-state index contributed by atoms with van der Waals surface area (Å²) in [7, 11) is 1.56. The lowest BCUT2D eigenvalue weighted by molar-refractivity contribution is -0.248. The molecule has 0 saturated carbocycles. The summed E-state index contributed by atoms with van der Waals surface area (Å²) < 4.78 is 10.1. The standard InChI is InChI=1S/C14H19NO6/c1-20-9-4-2-8(3-5-9)6-15-11-13(18)12(17)10(7-16)21-14(11)19/h2-6,10-14,16-19H,7H2,1H3/b15-6+/t10-,11-,12-,13-,14-/m1/s1. The molecule has 1 aliphatic heterocycles. The molecule has 21 heavy (non-hydrogen) atoms. The van der Waals surface area contributed by atoms with Crippen molar-refractivity contribution < 1.29 is 29.9 Å². The average molecular weight is 297 g/mol. The van der Waals surface area contributed by atoms with Crippen LogP contribution in [0, 0.1) is 0 Å². The molecule has 0 unspecified atom stereocenters. The molecule has 1 heterocycles. The van der Waals surface area contributed by atoms with E-state index < -0.39 is 37.3 Å². The molecule has 1 fully saturated rings. The summed E-state index contributed by atoms with van der Waals surface area (Å²) in [5.41, 5.74) is 0.744. The highest BCUT2D eigenvalue weighted by molar-refractivity contribution is 5.79. The van der Waals surface area contributed by atoms with E-state index in [1.807, 2.05) is 0 Å². The molecule has 1 aliphatic rings. The fourth-order valence-electron chi connectivity index (χ4n) is 2.11. The quantitative estimate of drug-likeness (QED) is 0.526. The number of aliphatic hydroxyl groups is 4. The van der Waals surface area contributed by atoms with Crippen molar-refractivity contribution in [3.63, 3.8) is 0 Å². The summed E-state index contributed by atoms with van der Waals surface area (Å²) in [4.78, 5) is 4.06. The molecule has 5 atom stereocenters. The molecular weight excluding hydrogens is 278 g/mol. The van der Waals surface area contributed by atoms with Gasteiger partial charge in [0.05, 0.1) is 13.7 Å². The molecule has 0 aromatic heterocycles. The van der Waals surface area contributed by atoms with Gasteiger partial charge in [-0.1, -0.05) is 0 Å². The Labute approximate surface area is 122 Å². The lowest BCUT2D eigenvalue weighted by Gasteiger charge is -2.38. The van der Waals surface area contributed by atoms with E-state index in [9.17, 15) is 15.3 Å². The van der Waals surface area contributed by atoms with Crippen LogP contribution in [-0.2, 0) is 4.74 Å². The fourth-order valence-corrected chi connectivity index (χ4v) is 2.11. The Morgan fingerprint density at radius 2 is 1.86 bits per heavy atom. The molecule has 116 valence electrons. The highest BCUT2D eigenvalue weighted by atomic mass is 16.6. The second-order valence-electron chi connectivity index (χ2n) is 4.77. The summed E-state index contributed by atoms with van der Waals surface area (Å²) in [6.07, 6.45) is -3.58. The van der Waals surface area contributed by atoms with E-state index in [0.29, 0.717) is 5.75 Å². The zero-order chi connectivity index (χ0) is 15.4. The van der Waals surface area contributed by atoms with Crippen LogP contribution in [0.4, 0.5) is 0 Å². The van der Waals surface area contributed by atoms with Crippen LogP contribution in [0.25, 0.3) is 0 Å². The molecule has 0 bridgehead atoms. The van der Waals surface area contributed by atoms with Gasteiger partial charge in [0.25, 0.3) is 0 Å². The second-order valence-corrected chi connectivity index (χ2v) is 4.77. The van der Waals surface area contributed by atoms with Gasteiger partial charge in [0.2, 0.25) is 0 Å². The molecule has 0 radical (unpaired) electrons. The van der Waals surface area contributed by atoms with Gasteiger partial charge in [0, 0.05) is 6.21 Å². The largest absolute Gasteiger partial charge is 0.497 e. The first-order valence-corrected chi connectivity index (χ1v) is 6.54. The third-order valence-electron chi connectivity index (χ3n) is 3.38. The second kappa shape index (κ2) is 6.97. The minimum Gasteiger partial charge on any atom is -0.497 e. The molecule has 1 saturated heterocycles. The van der Waals surface area contributed by atoms with Gasteiger partial charge in [0.1, 0.15) is 30.1 Å². The van der Waals surface area contributed by atoms with E-state index in [-0.39, 0.29) is 0 Å². The first-order valence-electron chi connectivity index (χ1n) is 6.54. The fraction of sp³-hybridized carbons (Fsp3) is 0.500. The van der Waals surface area contributed by atoms with Crippen molar-refractivity contribution >= 4 is 6.21 Å². The highest BCUT2D eigenvalue weighted by Gasteiger charge is 2.43. The molecule has 1 aromatic carbocycles. The van der Waals surface area contributed by atoms with Gasteiger partial charge in [-0.25, -0.2) is 0 Å². The number of aliphatic imine (C=N–C) groups is 1. The SMILES string of the molecule is COc1ccc(/C=N/[C@@H]2[C@@H](O)[C@H](O)[C@@H](CO)O[C@H]2O)cc1. The van der Waals surface area contributed by atoms with Crippen molar-refractivity contribution in [1.82, 2.24) is 0 Å². The minimum atomic E-state index is -1.39. The number of methoxy groups -OCH3 is 1. The van der Waals surface area contributed by atoms with Gasteiger partial charge < -0.3 is 29.9 Å². The predicted molar refractivity (Wildman–Crippen MR) is 74.4 cm³/mol. The van der Waals surface area contributed by atoms with E-state index in [1.54, 1.807) is 31.4 Å². The molecule has 0 spiro atoms. The van der Waals surface area contributed by atoms with Crippen molar-refractivity contribution in [3.05, 3.63) is 29.8 Å². The molecule has 7 nitrogen and oxygen atoms in total. The van der Waals surface area contributed by atoms with Crippen LogP contribution < -0.4 is 4.74 Å². The topological polar surface area (TPSA) is 112 Å². The Balaban J connectivity index is 2.08. The van der Waals surface area contributed by atoms with Crippen LogP contribution >= 0.6 is 0 Å². The number of hydrogen-bond donors (Lipinski definition) is 4. The van der Waals surface area contributed by atoms with Gasteiger partial charge in [-0.15, -0.1) is 0 Å². The number of rotatable bonds is 4. The zero-order valence-corrected chi connectivity index (χ0v) is 11.5. The lowest BCUT2D eigenvalue weighted by atomic mass is 9.97. The molecule has 1 aromatic rings. The summed E-state index contributed by atoms with van der Waals surface area (Å²) >= 11 is 0. The van der Waals surface area contributed by atoms with Crippen LogP contribution in [0.2, 0.25) is 0 Å². The summed E-state index contributed by atoms with van der Waals surface area (Å²) in [5.74, 6) is 0.703. The first kappa shape index (κ1) is 15.9.